The molecule has 3 aliphatic rings. The number of fused-ring (bicyclic) bond motifs is 2. The molecule has 1 N–H and O–H groups in total. The van der Waals surface area contributed by atoms with Crippen molar-refractivity contribution in [3.05, 3.63) is 28.2 Å². The van der Waals surface area contributed by atoms with Gasteiger partial charge < -0.3 is 10.1 Å². The maximum absolute atomic E-state index is 13.4. The first-order valence-corrected chi connectivity index (χ1v) is 13.3. The Kier molecular flexibility index (Phi) is 5.85. The highest BCUT2D eigenvalue weighted by Gasteiger charge is 2.59. The summed E-state index contributed by atoms with van der Waals surface area (Å²) >= 11 is 3.38. The molecule has 1 aromatic carbocycles. The zero-order valence-electron chi connectivity index (χ0n) is 18.9. The van der Waals surface area contributed by atoms with Gasteiger partial charge in [0, 0.05) is 29.2 Å². The second-order valence-corrected chi connectivity index (χ2v) is 13.3. The maximum Gasteiger partial charge on any atom is 0.251 e. The molecule has 5 unspecified atom stereocenters. The average Bonchev–Trinajstić information content (AvgIpc) is 3.15. The number of ether oxygens (including phenoxy) is 1. The van der Waals surface area contributed by atoms with E-state index in [4.69, 9.17) is 4.74 Å². The lowest BCUT2D eigenvalue weighted by Crippen LogP contribution is -2.52. The Labute approximate surface area is 194 Å². The van der Waals surface area contributed by atoms with Crippen LogP contribution in [0.2, 0.25) is 0 Å². The number of benzene rings is 1. The van der Waals surface area contributed by atoms with Crippen molar-refractivity contribution in [1.29, 1.82) is 0 Å². The first-order valence-electron chi connectivity index (χ1n) is 11.1. The molecule has 3 fully saturated rings. The summed E-state index contributed by atoms with van der Waals surface area (Å²) in [5.41, 5.74) is 0.513. The van der Waals surface area contributed by atoms with E-state index < -0.39 is 10.0 Å². The van der Waals surface area contributed by atoms with Crippen LogP contribution >= 0.6 is 15.9 Å². The van der Waals surface area contributed by atoms with Gasteiger partial charge in [0.1, 0.15) is 0 Å². The van der Waals surface area contributed by atoms with Crippen LogP contribution in [-0.4, -0.2) is 50.0 Å². The van der Waals surface area contributed by atoms with Gasteiger partial charge in [0.05, 0.1) is 17.1 Å². The van der Waals surface area contributed by atoms with Crippen LogP contribution in [-0.2, 0) is 14.8 Å². The highest BCUT2D eigenvalue weighted by Crippen LogP contribution is 2.62. The molecule has 0 spiro atoms. The van der Waals surface area contributed by atoms with Crippen LogP contribution in [0.15, 0.2) is 27.6 Å². The van der Waals surface area contributed by atoms with Crippen molar-refractivity contribution in [1.82, 2.24) is 9.62 Å². The molecular formula is C23H33BrN2O4S. The third-order valence-electron chi connectivity index (χ3n) is 7.74. The molecule has 2 saturated carbocycles. The molecule has 2 bridgehead atoms. The van der Waals surface area contributed by atoms with Crippen LogP contribution in [0.25, 0.3) is 0 Å². The highest BCUT2D eigenvalue weighted by molar-refractivity contribution is 9.10. The largest absolute Gasteiger partial charge is 0.373 e. The molecule has 0 aromatic heterocycles. The molecule has 1 amide bonds. The van der Waals surface area contributed by atoms with E-state index in [-0.39, 0.29) is 39.9 Å². The van der Waals surface area contributed by atoms with Crippen LogP contribution in [0.1, 0.15) is 64.2 Å². The van der Waals surface area contributed by atoms with Crippen LogP contribution in [0.5, 0.6) is 0 Å². The Morgan fingerprint density at radius 2 is 1.84 bits per heavy atom. The number of morpholine rings is 1. The minimum atomic E-state index is -3.76. The first kappa shape index (κ1) is 23.2. The SMILES string of the molecule is CC1CN(S(=O)(=O)c2cc(C(=O)NC3C4(C)CCC(C4)C3(C)C)ccc2Br)CC(C)O1. The van der Waals surface area contributed by atoms with E-state index in [1.165, 1.54) is 16.8 Å². The number of hydrogen-bond donors (Lipinski definition) is 1. The fourth-order valence-electron chi connectivity index (χ4n) is 6.19. The Hall–Kier alpha value is -0.960. The number of rotatable bonds is 4. The van der Waals surface area contributed by atoms with Crippen molar-refractivity contribution in [3.8, 4) is 0 Å². The van der Waals surface area contributed by atoms with Crippen LogP contribution < -0.4 is 5.32 Å². The lowest BCUT2D eigenvalue weighted by Gasteiger charge is -2.43. The number of halogens is 1. The number of carbonyl (C=O) groups excluding carboxylic acids is 1. The van der Waals surface area contributed by atoms with E-state index in [0.29, 0.717) is 29.0 Å². The average molecular weight is 513 g/mol. The summed E-state index contributed by atoms with van der Waals surface area (Å²) in [5, 5.41) is 3.27. The monoisotopic (exact) mass is 512 g/mol. The summed E-state index contributed by atoms with van der Waals surface area (Å²) in [6.07, 6.45) is 3.12. The van der Waals surface area contributed by atoms with Gasteiger partial charge in [-0.3, -0.25) is 4.79 Å². The van der Waals surface area contributed by atoms with Crippen LogP contribution in [0.4, 0.5) is 0 Å². The van der Waals surface area contributed by atoms with E-state index in [1.807, 2.05) is 13.8 Å². The predicted molar refractivity (Wildman–Crippen MR) is 123 cm³/mol. The molecule has 1 aromatic rings. The second kappa shape index (κ2) is 7.82. The molecule has 172 valence electrons. The van der Waals surface area contributed by atoms with Gasteiger partial charge in [0.2, 0.25) is 10.0 Å². The van der Waals surface area contributed by atoms with Crippen LogP contribution in [0, 0.1) is 16.7 Å². The summed E-state index contributed by atoms with van der Waals surface area (Å²) in [4.78, 5) is 13.3. The van der Waals surface area contributed by atoms with Gasteiger partial charge in [-0.25, -0.2) is 8.42 Å². The topological polar surface area (TPSA) is 75.7 Å². The molecule has 8 heteroatoms. The quantitative estimate of drug-likeness (QED) is 0.655. The fraction of sp³-hybridized carbons (Fsp3) is 0.696. The van der Waals surface area contributed by atoms with Crippen molar-refractivity contribution in [2.75, 3.05) is 13.1 Å². The van der Waals surface area contributed by atoms with Crippen molar-refractivity contribution < 1.29 is 17.9 Å². The zero-order chi connectivity index (χ0) is 22.8. The number of hydrogen-bond acceptors (Lipinski definition) is 4. The maximum atomic E-state index is 13.4. The smallest absolute Gasteiger partial charge is 0.251 e. The Morgan fingerprint density at radius 3 is 2.42 bits per heavy atom. The number of nitrogens with zero attached hydrogens (tertiary/aromatic N) is 1. The molecule has 1 heterocycles. The summed E-state index contributed by atoms with van der Waals surface area (Å²) in [7, 11) is -3.76. The van der Waals surface area contributed by atoms with E-state index >= 15 is 0 Å². The molecule has 0 radical (unpaired) electrons. The Balaban J connectivity index is 1.60. The molecule has 31 heavy (non-hydrogen) atoms. The van der Waals surface area contributed by atoms with Gasteiger partial charge >= 0.3 is 0 Å². The molecule has 1 aliphatic heterocycles. The van der Waals surface area contributed by atoms with Gasteiger partial charge in [-0.2, -0.15) is 4.31 Å². The van der Waals surface area contributed by atoms with Crippen LogP contribution in [0.3, 0.4) is 0 Å². The molecule has 2 aliphatic carbocycles. The van der Waals surface area contributed by atoms with Crippen molar-refractivity contribution in [3.63, 3.8) is 0 Å². The molecule has 5 atom stereocenters. The normalized spacial score (nSPS) is 35.3. The van der Waals surface area contributed by atoms with Crippen molar-refractivity contribution >= 4 is 31.9 Å². The van der Waals surface area contributed by atoms with Crippen molar-refractivity contribution in [2.24, 2.45) is 16.7 Å². The highest BCUT2D eigenvalue weighted by atomic mass is 79.9. The minimum absolute atomic E-state index is 0.0347. The van der Waals surface area contributed by atoms with Gasteiger partial charge in [0.25, 0.3) is 5.91 Å². The zero-order valence-corrected chi connectivity index (χ0v) is 21.3. The van der Waals surface area contributed by atoms with Gasteiger partial charge in [-0.05, 0) is 84.0 Å². The Morgan fingerprint density at radius 1 is 1.19 bits per heavy atom. The molecule has 4 rings (SSSR count). The number of nitrogens with one attached hydrogen (secondary N) is 1. The van der Waals surface area contributed by atoms with E-state index in [0.717, 1.165) is 12.8 Å². The summed E-state index contributed by atoms with van der Waals surface area (Å²) in [6.45, 7) is 11.1. The Bertz CT molecular complexity index is 981. The lowest BCUT2D eigenvalue weighted by molar-refractivity contribution is -0.0441. The number of amides is 1. The fourth-order valence-corrected chi connectivity index (χ4v) is 8.73. The van der Waals surface area contributed by atoms with E-state index in [9.17, 15) is 13.2 Å². The first-order chi connectivity index (χ1) is 14.3. The van der Waals surface area contributed by atoms with Gasteiger partial charge in [-0.15, -0.1) is 0 Å². The number of carbonyl (C=O) groups is 1. The van der Waals surface area contributed by atoms with Crippen molar-refractivity contribution in [2.45, 2.75) is 77.0 Å². The van der Waals surface area contributed by atoms with E-state index in [2.05, 4.69) is 42.0 Å². The predicted octanol–water partition coefficient (Wildman–Crippen LogP) is 4.19. The number of sulfonamides is 1. The minimum Gasteiger partial charge on any atom is -0.373 e. The van der Waals surface area contributed by atoms with Gasteiger partial charge in [0.15, 0.2) is 0 Å². The molecular weight excluding hydrogens is 480 g/mol. The standard InChI is InChI=1S/C23H33BrN2O4S/c1-14-12-26(13-15(2)30-14)31(28,29)19-10-16(6-7-18(19)24)20(27)25-21-22(3,4)17-8-9-23(21,5)11-17/h6-7,10,14-15,17,21H,8-9,11-13H2,1-5H3,(H,25,27). The van der Waals surface area contributed by atoms with E-state index in [1.54, 1.807) is 12.1 Å². The molecule has 1 saturated heterocycles. The summed E-state index contributed by atoms with van der Waals surface area (Å²) in [5.74, 6) is 0.411. The lowest BCUT2D eigenvalue weighted by atomic mass is 9.68. The summed E-state index contributed by atoms with van der Waals surface area (Å²) < 4.78 is 34.4. The third kappa shape index (κ3) is 3.98. The summed E-state index contributed by atoms with van der Waals surface area (Å²) in [6, 6.07) is 4.92. The third-order valence-corrected chi connectivity index (χ3v) is 10.6. The molecule has 6 nitrogen and oxygen atoms in total. The second-order valence-electron chi connectivity index (χ2n) is 10.5. The van der Waals surface area contributed by atoms with Gasteiger partial charge in [-0.1, -0.05) is 20.8 Å².